The molecular formula is C60H91IN2O18. The molecule has 21 heteroatoms. The predicted molar refractivity (Wildman–Crippen MR) is 300 cm³/mol. The number of unbranched alkanes of at least 4 members (excludes halogenated alkanes) is 2. The number of rotatable bonds is 16. The quantitative estimate of drug-likeness (QED) is 0.0488. The van der Waals surface area contributed by atoms with Crippen LogP contribution in [0, 0.1) is 53.8 Å². The van der Waals surface area contributed by atoms with Crippen LogP contribution in [0.3, 0.4) is 0 Å². The first-order valence-corrected chi connectivity index (χ1v) is 30.7. The zero-order chi connectivity index (χ0) is 58.8. The van der Waals surface area contributed by atoms with E-state index in [1.165, 1.54) is 12.5 Å². The van der Waals surface area contributed by atoms with Crippen LogP contribution < -0.4 is 10.6 Å². The smallest absolute Gasteiger partial charge is 0.315 e. The number of esters is 1. The monoisotopic (exact) mass is 1250 g/mol. The van der Waals surface area contributed by atoms with Crippen LogP contribution in [0.25, 0.3) is 0 Å². The molecular weight excluding hydrogens is 1160 g/mol. The van der Waals surface area contributed by atoms with Crippen LogP contribution in [0.5, 0.6) is 0 Å². The van der Waals surface area contributed by atoms with Gasteiger partial charge in [0.15, 0.2) is 18.7 Å². The zero-order valence-corrected chi connectivity index (χ0v) is 50.2. The number of hydrogen-bond acceptors (Lipinski definition) is 18. The predicted octanol–water partition coefficient (Wildman–Crippen LogP) is 3.50. The summed E-state index contributed by atoms with van der Waals surface area (Å²) < 4.78 is 37.7. The minimum atomic E-state index is -1.91. The topological polar surface area (TPSA) is 313 Å². The van der Waals surface area contributed by atoms with E-state index in [1.54, 1.807) is 12.1 Å². The Bertz CT molecular complexity index is 2440. The van der Waals surface area contributed by atoms with Crippen LogP contribution in [0.15, 0.2) is 35.9 Å². The molecule has 20 nitrogen and oxygen atoms in total. The van der Waals surface area contributed by atoms with Gasteiger partial charge in [0.2, 0.25) is 12.2 Å². The van der Waals surface area contributed by atoms with Crippen LogP contribution in [-0.2, 0) is 38.0 Å². The van der Waals surface area contributed by atoms with E-state index in [4.69, 9.17) is 28.4 Å². The molecule has 5 aliphatic carbocycles. The van der Waals surface area contributed by atoms with Crippen molar-refractivity contribution in [2.45, 2.75) is 230 Å². The van der Waals surface area contributed by atoms with E-state index < -0.39 is 121 Å². The van der Waals surface area contributed by atoms with Crippen molar-refractivity contribution < 1.29 is 88.8 Å². The third kappa shape index (κ3) is 11.6. The molecule has 4 saturated carbocycles. The number of halogens is 1. The molecule has 81 heavy (non-hydrogen) atoms. The molecule has 1 aromatic rings. The van der Waals surface area contributed by atoms with E-state index >= 15 is 4.79 Å². The molecule has 3 saturated heterocycles. The molecule has 456 valence electrons. The number of fused-ring (bicyclic) bond motifs is 7. The summed E-state index contributed by atoms with van der Waals surface area (Å²) in [4.78, 5) is 42.0. The Hall–Kier alpha value is -2.46. The highest BCUT2D eigenvalue weighted by Crippen LogP contribution is 2.76. The SMILES string of the molecule is C[C@H]1O[C@@H](OC2C(O)[C@@H](NC(=O)CCCCCNC(=O)c3ccc(I)cc3)[C@@H](CO)O[C@H]2OC(=O)[C@]23CCC(C)(C)CC2C2=CCC4C5(C)CC[C@H](O)[C@](C)(CO)[C@@H]5CCC4(C)[C@]2(C)CC3)C(O)C(O)[C@H]1O[C@@H]1OC[C@@H](O)C(O)C1O. The third-order valence-electron chi connectivity index (χ3n) is 21.9. The summed E-state index contributed by atoms with van der Waals surface area (Å²) >= 11 is 2.17. The lowest BCUT2D eigenvalue weighted by Gasteiger charge is -2.71. The Morgan fingerprint density at radius 2 is 1.43 bits per heavy atom. The molecule has 0 radical (unpaired) electrons. The maximum atomic E-state index is 15.7. The van der Waals surface area contributed by atoms with Gasteiger partial charge in [-0.05, 0) is 170 Å². The minimum absolute atomic E-state index is 0.0150. The van der Waals surface area contributed by atoms with E-state index in [0.717, 1.165) is 35.7 Å². The number of carbonyl (C=O) groups excluding carboxylic acids is 3. The van der Waals surface area contributed by atoms with Crippen LogP contribution in [0.4, 0.5) is 0 Å². The highest BCUT2D eigenvalue weighted by molar-refractivity contribution is 14.1. The Morgan fingerprint density at radius 3 is 2.14 bits per heavy atom. The summed E-state index contributed by atoms with van der Waals surface area (Å²) in [6, 6.07) is 5.86. The highest BCUT2D eigenvalue weighted by atomic mass is 127. The first-order valence-electron chi connectivity index (χ1n) is 29.6. The van der Waals surface area contributed by atoms with Crippen molar-refractivity contribution in [3.63, 3.8) is 0 Å². The van der Waals surface area contributed by atoms with Crippen molar-refractivity contribution in [3.8, 4) is 0 Å². The van der Waals surface area contributed by atoms with Gasteiger partial charge in [0.25, 0.3) is 5.91 Å². The number of amides is 2. The van der Waals surface area contributed by atoms with Gasteiger partial charge in [-0.25, -0.2) is 0 Å². The molecule has 11 N–H and O–H groups in total. The number of ether oxygens (including phenoxy) is 6. The largest absolute Gasteiger partial charge is 0.432 e. The van der Waals surface area contributed by atoms with Crippen LogP contribution in [-0.4, -0.2) is 182 Å². The molecule has 8 aliphatic rings. The Labute approximate surface area is 489 Å². The second-order valence-electron chi connectivity index (χ2n) is 27.0. The molecule has 7 fully saturated rings. The van der Waals surface area contributed by atoms with Gasteiger partial charge in [-0.1, -0.05) is 59.6 Å². The van der Waals surface area contributed by atoms with Gasteiger partial charge in [-0.15, -0.1) is 0 Å². The number of benzene rings is 1. The lowest BCUT2D eigenvalue weighted by atomic mass is 9.33. The summed E-state index contributed by atoms with van der Waals surface area (Å²) in [6.07, 6.45) is -10.1. The normalized spacial score (nSPS) is 45.7. The molecule has 1 aromatic carbocycles. The fraction of sp³-hybridized carbons (Fsp3) is 0.817. The Morgan fingerprint density at radius 1 is 0.741 bits per heavy atom. The summed E-state index contributed by atoms with van der Waals surface area (Å²) in [5.41, 5.74) is -0.605. The average molecular weight is 1260 g/mol. The average Bonchev–Trinajstić information content (AvgIpc) is 1.76. The second-order valence-corrected chi connectivity index (χ2v) is 28.3. The molecule has 0 spiro atoms. The first kappa shape index (κ1) is 63.1. The minimum Gasteiger partial charge on any atom is -0.432 e. The van der Waals surface area contributed by atoms with Crippen molar-refractivity contribution in [2.24, 2.45) is 50.2 Å². The Kier molecular flexibility index (Phi) is 19.0. The maximum absolute atomic E-state index is 15.7. The van der Waals surface area contributed by atoms with Crippen molar-refractivity contribution in [1.82, 2.24) is 10.6 Å². The van der Waals surface area contributed by atoms with Gasteiger partial charge >= 0.3 is 5.97 Å². The van der Waals surface area contributed by atoms with Crippen LogP contribution in [0.1, 0.15) is 149 Å². The van der Waals surface area contributed by atoms with Crippen molar-refractivity contribution in [2.75, 3.05) is 26.4 Å². The third-order valence-corrected chi connectivity index (χ3v) is 22.6. The number of aliphatic hydroxyl groups is 9. The van der Waals surface area contributed by atoms with Crippen LogP contribution in [0.2, 0.25) is 0 Å². The summed E-state index contributed by atoms with van der Waals surface area (Å²) in [5, 5.41) is 105. The highest BCUT2D eigenvalue weighted by Gasteiger charge is 2.70. The molecule has 3 heterocycles. The van der Waals surface area contributed by atoms with E-state index in [1.807, 2.05) is 19.1 Å². The molecule has 23 atom stereocenters. The maximum Gasteiger partial charge on any atom is 0.315 e. The number of carbonyl (C=O) groups is 3. The lowest BCUT2D eigenvalue weighted by molar-refractivity contribution is -0.369. The van der Waals surface area contributed by atoms with E-state index in [9.17, 15) is 55.5 Å². The molecule has 9 rings (SSSR count). The van der Waals surface area contributed by atoms with Gasteiger partial charge in [0.05, 0.1) is 43.5 Å². The van der Waals surface area contributed by atoms with Crippen molar-refractivity contribution in [3.05, 3.63) is 45.0 Å². The molecule has 0 bridgehead atoms. The fourth-order valence-electron chi connectivity index (χ4n) is 16.6. The van der Waals surface area contributed by atoms with Gasteiger partial charge in [-0.3, -0.25) is 14.4 Å². The first-order chi connectivity index (χ1) is 38.2. The van der Waals surface area contributed by atoms with Gasteiger partial charge in [-0.2, -0.15) is 0 Å². The summed E-state index contributed by atoms with van der Waals surface area (Å²) in [7, 11) is 0. The van der Waals surface area contributed by atoms with Gasteiger partial charge in [0.1, 0.15) is 48.8 Å². The zero-order valence-electron chi connectivity index (χ0n) is 48.1. The van der Waals surface area contributed by atoms with Gasteiger partial charge in [0, 0.05) is 27.5 Å². The lowest BCUT2D eigenvalue weighted by Crippen LogP contribution is -2.68. The van der Waals surface area contributed by atoms with E-state index in [2.05, 4.69) is 73.9 Å². The standard InChI is InChI=1S/C60H91IN2O18/c1-31-48(79-51-46(72)43(69)36(66)29-76-51)45(71)47(73)52(77-31)80-49-44(70)42(63-41(68)11-9-8-10-26-62-50(74)32-12-14-33(61)15-13-32)37(28-64)78-53(49)81-54(75)60-24-22-55(2,3)27-35(60)34-16-17-39-56(4)20-19-40(67)57(5,30-65)38(56)18-21-59(39,7)58(34,6)23-25-60/h12-16,31,35-40,42-49,51-53,64-67,69-73H,8-11,17-30H2,1-7H3,(H,62,74)(H,63,68)/t31-,35?,36-,37-,38-,39?,40+,42+,43?,44?,45?,46?,47?,48+,49?,51+,52+,53+,56?,57-,58-,59?,60+/m1/s1. The van der Waals surface area contributed by atoms with Crippen LogP contribution >= 0.6 is 22.6 Å². The number of nitrogens with one attached hydrogen (secondary N) is 2. The van der Waals surface area contributed by atoms with E-state index in [0.29, 0.717) is 63.5 Å². The molecule has 3 aliphatic heterocycles. The van der Waals surface area contributed by atoms with Gasteiger partial charge < -0.3 is 85.0 Å². The summed E-state index contributed by atoms with van der Waals surface area (Å²) in [6.45, 7) is 14.4. The molecule has 0 aromatic heterocycles. The Balaban J connectivity index is 0.949. The van der Waals surface area contributed by atoms with Crippen molar-refractivity contribution >= 4 is 40.4 Å². The van der Waals surface area contributed by atoms with E-state index in [-0.39, 0.29) is 65.0 Å². The van der Waals surface area contributed by atoms with Crippen molar-refractivity contribution in [1.29, 1.82) is 0 Å². The number of allylic oxidation sites excluding steroid dienone is 2. The molecule has 10 unspecified atom stereocenters. The fourth-order valence-corrected chi connectivity index (χ4v) is 17.0. The molecule has 2 amide bonds. The second kappa shape index (κ2) is 24.4. The number of hydrogen-bond donors (Lipinski definition) is 11. The number of aliphatic hydroxyl groups excluding tert-OH is 9. The summed E-state index contributed by atoms with van der Waals surface area (Å²) in [5.74, 6) is -1.09.